The lowest BCUT2D eigenvalue weighted by Crippen LogP contribution is -2.46. The Bertz CT molecular complexity index is 1080. The first kappa shape index (κ1) is 23.2. The summed E-state index contributed by atoms with van der Waals surface area (Å²) in [5.74, 6) is -0.558. The molecular formula is C21H27ClN2O4S2. The van der Waals surface area contributed by atoms with E-state index < -0.39 is 31.0 Å². The van der Waals surface area contributed by atoms with Crippen molar-refractivity contribution in [1.29, 1.82) is 0 Å². The Hall–Kier alpha value is -1.45. The van der Waals surface area contributed by atoms with Gasteiger partial charge in [0.05, 0.1) is 21.7 Å². The van der Waals surface area contributed by atoms with Crippen LogP contribution in [0.3, 0.4) is 0 Å². The van der Waals surface area contributed by atoms with Gasteiger partial charge in [0.1, 0.15) is 0 Å². The highest BCUT2D eigenvalue weighted by atomic mass is 35.5. The van der Waals surface area contributed by atoms with E-state index in [1.54, 1.807) is 36.4 Å². The van der Waals surface area contributed by atoms with Crippen LogP contribution in [-0.2, 0) is 19.7 Å². The van der Waals surface area contributed by atoms with Crippen LogP contribution in [0.2, 0.25) is 5.02 Å². The maximum Gasteiger partial charge on any atom is 0.183 e. The number of hydrogen-bond acceptors (Lipinski definition) is 6. The summed E-state index contributed by atoms with van der Waals surface area (Å²) in [6.45, 7) is 2.29. The van der Waals surface area contributed by atoms with Crippen molar-refractivity contribution in [1.82, 2.24) is 10.2 Å². The number of nitrogens with zero attached hydrogens (tertiary/aromatic N) is 1. The molecule has 3 rings (SSSR count). The molecule has 3 atom stereocenters. The van der Waals surface area contributed by atoms with E-state index in [1.165, 1.54) is 0 Å². The molecule has 2 aromatic carbocycles. The molecule has 30 heavy (non-hydrogen) atoms. The topological polar surface area (TPSA) is 83.5 Å². The van der Waals surface area contributed by atoms with Gasteiger partial charge in [0.25, 0.3) is 0 Å². The van der Waals surface area contributed by atoms with E-state index >= 15 is 0 Å². The minimum Gasteiger partial charge on any atom is -0.310 e. The monoisotopic (exact) mass is 470 g/mol. The summed E-state index contributed by atoms with van der Waals surface area (Å²) >= 11 is 5.98. The molecule has 0 amide bonds. The van der Waals surface area contributed by atoms with Crippen molar-refractivity contribution in [3.05, 3.63) is 64.7 Å². The van der Waals surface area contributed by atoms with Crippen LogP contribution in [0.1, 0.15) is 17.2 Å². The number of benzene rings is 2. The standard InChI is InChI=1S/C21H27ClN2O4S2/c1-15-4-10-18(11-5-15)30(27,28)21-14-29(25,26)13-19(21)23-12-20(24(2)3)16-6-8-17(22)9-7-16/h4-11,19-21,23H,12-14H2,1-3H3/t19-,20?,21-/m0/s1. The third-order valence-electron chi connectivity index (χ3n) is 5.50. The molecule has 1 aliphatic rings. The van der Waals surface area contributed by atoms with E-state index in [0.717, 1.165) is 11.1 Å². The van der Waals surface area contributed by atoms with E-state index in [-0.39, 0.29) is 22.4 Å². The molecular weight excluding hydrogens is 444 g/mol. The molecule has 1 unspecified atom stereocenters. The van der Waals surface area contributed by atoms with Gasteiger partial charge in [0.15, 0.2) is 19.7 Å². The van der Waals surface area contributed by atoms with Crippen molar-refractivity contribution >= 4 is 31.3 Å². The average molecular weight is 471 g/mol. The summed E-state index contributed by atoms with van der Waals surface area (Å²) in [5.41, 5.74) is 1.95. The lowest BCUT2D eigenvalue weighted by Gasteiger charge is -2.28. The van der Waals surface area contributed by atoms with Gasteiger partial charge in [-0.1, -0.05) is 41.4 Å². The molecule has 1 aliphatic heterocycles. The summed E-state index contributed by atoms with van der Waals surface area (Å²) in [4.78, 5) is 2.16. The van der Waals surface area contributed by atoms with Crippen LogP contribution in [0, 0.1) is 6.92 Å². The average Bonchev–Trinajstić information content (AvgIpc) is 2.99. The van der Waals surface area contributed by atoms with E-state index in [4.69, 9.17) is 11.6 Å². The molecule has 1 saturated heterocycles. The highest BCUT2D eigenvalue weighted by molar-refractivity contribution is 7.96. The third kappa shape index (κ3) is 5.23. The lowest BCUT2D eigenvalue weighted by atomic mass is 10.1. The Morgan fingerprint density at radius 1 is 1.07 bits per heavy atom. The first-order valence-corrected chi connectivity index (χ1v) is 13.4. The number of rotatable bonds is 7. The number of nitrogens with one attached hydrogen (secondary N) is 1. The van der Waals surface area contributed by atoms with Crippen molar-refractivity contribution in [3.8, 4) is 0 Å². The van der Waals surface area contributed by atoms with E-state index in [1.807, 2.05) is 38.1 Å². The zero-order valence-corrected chi connectivity index (χ0v) is 19.6. The summed E-state index contributed by atoms with van der Waals surface area (Å²) in [5, 5.41) is 2.86. The number of sulfone groups is 2. The number of likely N-dealkylation sites (N-methyl/N-ethyl adjacent to an activating group) is 1. The first-order chi connectivity index (χ1) is 14.0. The van der Waals surface area contributed by atoms with Crippen molar-refractivity contribution in [2.24, 2.45) is 0 Å². The van der Waals surface area contributed by atoms with Gasteiger partial charge in [-0.2, -0.15) is 0 Å². The van der Waals surface area contributed by atoms with Gasteiger partial charge in [-0.15, -0.1) is 0 Å². The van der Waals surface area contributed by atoms with Crippen molar-refractivity contribution in [2.45, 2.75) is 29.2 Å². The largest absolute Gasteiger partial charge is 0.310 e. The van der Waals surface area contributed by atoms with Gasteiger partial charge in [-0.25, -0.2) is 16.8 Å². The maximum atomic E-state index is 13.2. The molecule has 1 fully saturated rings. The van der Waals surface area contributed by atoms with Gasteiger partial charge >= 0.3 is 0 Å². The second-order valence-electron chi connectivity index (χ2n) is 8.02. The SMILES string of the molecule is Cc1ccc(S(=O)(=O)[C@H]2CS(=O)(=O)C[C@@H]2NCC(c2ccc(Cl)cc2)N(C)C)cc1. The second-order valence-corrected chi connectivity index (χ2v) is 12.8. The Kier molecular flexibility index (Phi) is 6.94. The fourth-order valence-corrected chi connectivity index (χ4v) is 8.60. The van der Waals surface area contributed by atoms with E-state index in [2.05, 4.69) is 5.32 Å². The first-order valence-electron chi connectivity index (χ1n) is 9.66. The molecule has 9 heteroatoms. The lowest BCUT2D eigenvalue weighted by molar-refractivity contribution is 0.282. The fourth-order valence-electron chi connectivity index (χ4n) is 3.76. The summed E-state index contributed by atoms with van der Waals surface area (Å²) in [6, 6.07) is 13.2. The number of hydrogen-bond donors (Lipinski definition) is 1. The van der Waals surface area contributed by atoms with Crippen LogP contribution in [0.25, 0.3) is 0 Å². The molecule has 164 valence electrons. The predicted molar refractivity (Wildman–Crippen MR) is 120 cm³/mol. The van der Waals surface area contributed by atoms with Gasteiger partial charge in [0, 0.05) is 23.7 Å². The smallest absolute Gasteiger partial charge is 0.183 e. The zero-order valence-electron chi connectivity index (χ0n) is 17.2. The Labute approximate surface area is 184 Å². The molecule has 1 heterocycles. The van der Waals surface area contributed by atoms with Crippen molar-refractivity contribution in [2.75, 3.05) is 32.1 Å². The summed E-state index contributed by atoms with van der Waals surface area (Å²) < 4.78 is 51.1. The molecule has 0 aliphatic carbocycles. The number of halogens is 1. The zero-order chi connectivity index (χ0) is 22.1. The minimum atomic E-state index is -3.79. The van der Waals surface area contributed by atoms with E-state index in [0.29, 0.717) is 11.6 Å². The third-order valence-corrected chi connectivity index (χ3v) is 9.92. The molecule has 0 bridgehead atoms. The quantitative estimate of drug-likeness (QED) is 0.669. The van der Waals surface area contributed by atoms with Crippen LogP contribution in [0.15, 0.2) is 53.4 Å². The number of aryl methyl sites for hydroxylation is 1. The van der Waals surface area contributed by atoms with Crippen LogP contribution in [0.4, 0.5) is 0 Å². The molecule has 6 nitrogen and oxygen atoms in total. The predicted octanol–water partition coefficient (Wildman–Crippen LogP) is 2.48. The van der Waals surface area contributed by atoms with Gasteiger partial charge in [-0.05, 0) is 50.8 Å². The highest BCUT2D eigenvalue weighted by Crippen LogP contribution is 2.27. The second kappa shape index (κ2) is 8.96. The van der Waals surface area contributed by atoms with Gasteiger partial charge < -0.3 is 10.2 Å². The Balaban J connectivity index is 1.83. The fraction of sp³-hybridized carbons (Fsp3) is 0.429. The van der Waals surface area contributed by atoms with Gasteiger partial charge in [-0.3, -0.25) is 0 Å². The van der Waals surface area contributed by atoms with Crippen molar-refractivity contribution < 1.29 is 16.8 Å². The molecule has 1 N–H and O–H groups in total. The van der Waals surface area contributed by atoms with Crippen LogP contribution >= 0.6 is 11.6 Å². The van der Waals surface area contributed by atoms with Crippen LogP contribution < -0.4 is 5.32 Å². The Morgan fingerprint density at radius 3 is 2.23 bits per heavy atom. The minimum absolute atomic E-state index is 0.0618. The molecule has 0 saturated carbocycles. The summed E-state index contributed by atoms with van der Waals surface area (Å²) in [6.07, 6.45) is 0. The Morgan fingerprint density at radius 2 is 1.67 bits per heavy atom. The molecule has 0 spiro atoms. The maximum absolute atomic E-state index is 13.2. The van der Waals surface area contributed by atoms with E-state index in [9.17, 15) is 16.8 Å². The van der Waals surface area contributed by atoms with Crippen LogP contribution in [0.5, 0.6) is 0 Å². The van der Waals surface area contributed by atoms with Crippen LogP contribution in [-0.4, -0.2) is 65.2 Å². The summed E-state index contributed by atoms with van der Waals surface area (Å²) in [7, 11) is -3.39. The molecule has 0 aromatic heterocycles. The molecule has 2 aromatic rings. The normalized spacial score (nSPS) is 22.3. The van der Waals surface area contributed by atoms with Crippen molar-refractivity contribution in [3.63, 3.8) is 0 Å². The molecule has 0 radical (unpaired) electrons. The highest BCUT2D eigenvalue weighted by Gasteiger charge is 2.45. The van der Waals surface area contributed by atoms with Gasteiger partial charge in [0.2, 0.25) is 0 Å².